The first kappa shape index (κ1) is 5.73. The van der Waals surface area contributed by atoms with Crippen LogP contribution in [0.1, 0.15) is 0 Å². The predicted molar refractivity (Wildman–Crippen MR) is 40.2 cm³/mol. The summed E-state index contributed by atoms with van der Waals surface area (Å²) in [6.45, 7) is 0. The first-order valence-corrected chi connectivity index (χ1v) is 3.30. The second-order valence-corrected chi connectivity index (χ2v) is 2.34. The Morgan fingerprint density at radius 3 is 3.10 bits per heavy atom. The molecule has 0 unspecified atom stereocenters. The lowest BCUT2D eigenvalue weighted by Crippen LogP contribution is -1.87. The van der Waals surface area contributed by atoms with Crippen LogP contribution in [0.5, 0.6) is 0 Å². The van der Waals surface area contributed by atoms with Crippen molar-refractivity contribution in [3.63, 3.8) is 0 Å². The van der Waals surface area contributed by atoms with E-state index >= 15 is 0 Å². The van der Waals surface area contributed by atoms with Crippen molar-refractivity contribution in [2.24, 2.45) is 0 Å². The minimum Gasteiger partial charge on any atom is -0.246 e. The van der Waals surface area contributed by atoms with Crippen molar-refractivity contribution >= 4 is 18.1 Å². The van der Waals surface area contributed by atoms with Gasteiger partial charge in [0.15, 0.2) is 0 Å². The number of rotatable bonds is 0. The third kappa shape index (κ3) is 0.690. The molecule has 0 saturated carbocycles. The fraction of sp³-hybridized carbons (Fsp3) is 0. The Morgan fingerprint density at radius 2 is 2.30 bits per heavy atom. The predicted octanol–water partition coefficient (Wildman–Crippen LogP) is 1.02. The molecule has 2 aromatic rings. The molecule has 0 N–H and O–H groups in total. The largest absolute Gasteiger partial charge is 0.246 e. The third-order valence-electron chi connectivity index (χ3n) is 1.30. The number of aromatic nitrogens is 3. The number of hydrogen-bond donors (Lipinski definition) is 1. The highest BCUT2D eigenvalue weighted by molar-refractivity contribution is 7.80. The Kier molecular flexibility index (Phi) is 1.14. The Morgan fingerprint density at radius 1 is 1.40 bits per heavy atom. The van der Waals surface area contributed by atoms with Gasteiger partial charge in [-0.1, -0.05) is 0 Å². The molecule has 0 saturated heterocycles. The molecule has 0 atom stereocenters. The molecule has 3 nitrogen and oxygen atoms in total. The number of fused-ring (bicyclic) bond motifs is 1. The van der Waals surface area contributed by atoms with E-state index < -0.39 is 0 Å². The highest BCUT2D eigenvalue weighted by atomic mass is 32.1. The first-order chi connectivity index (χ1) is 4.88. The summed E-state index contributed by atoms with van der Waals surface area (Å²) in [6.07, 6.45) is 5.17. The SMILES string of the molecule is Sc1nccn2nccc12. The molecule has 10 heavy (non-hydrogen) atoms. The molecule has 0 bridgehead atoms. The molecule has 2 rings (SSSR count). The lowest BCUT2D eigenvalue weighted by atomic mass is 10.5. The first-order valence-electron chi connectivity index (χ1n) is 2.85. The van der Waals surface area contributed by atoms with Gasteiger partial charge in [0.1, 0.15) is 5.03 Å². The zero-order valence-corrected chi connectivity index (χ0v) is 5.99. The average molecular weight is 151 g/mol. The Bertz CT molecular complexity index is 355. The van der Waals surface area contributed by atoms with Gasteiger partial charge in [-0.2, -0.15) is 5.10 Å². The number of nitrogens with zero attached hydrogens (tertiary/aromatic N) is 3. The van der Waals surface area contributed by atoms with Crippen LogP contribution in [0.15, 0.2) is 29.7 Å². The van der Waals surface area contributed by atoms with Gasteiger partial charge in [0, 0.05) is 12.4 Å². The van der Waals surface area contributed by atoms with Crippen LogP contribution >= 0.6 is 12.6 Å². The van der Waals surface area contributed by atoms with Gasteiger partial charge in [-0.25, -0.2) is 9.50 Å². The van der Waals surface area contributed by atoms with Gasteiger partial charge < -0.3 is 0 Å². The van der Waals surface area contributed by atoms with Crippen molar-refractivity contribution in [1.29, 1.82) is 0 Å². The lowest BCUT2D eigenvalue weighted by molar-refractivity contribution is 0.919. The molecule has 0 fully saturated rings. The third-order valence-corrected chi connectivity index (χ3v) is 1.65. The topological polar surface area (TPSA) is 30.2 Å². The highest BCUT2D eigenvalue weighted by Gasteiger charge is 1.95. The molecular formula is C6H5N3S. The van der Waals surface area contributed by atoms with Crippen LogP contribution in [-0.4, -0.2) is 14.6 Å². The molecule has 0 aliphatic heterocycles. The summed E-state index contributed by atoms with van der Waals surface area (Å²) < 4.78 is 1.73. The average Bonchev–Trinajstić information content (AvgIpc) is 2.36. The quantitative estimate of drug-likeness (QED) is 0.570. The van der Waals surface area contributed by atoms with E-state index in [1.54, 1.807) is 23.1 Å². The van der Waals surface area contributed by atoms with Crippen LogP contribution in [-0.2, 0) is 0 Å². The second-order valence-electron chi connectivity index (χ2n) is 1.91. The summed E-state index contributed by atoms with van der Waals surface area (Å²) in [5.41, 5.74) is 0.936. The standard InChI is InChI=1S/C6H5N3S/c10-6-5-1-2-8-9(5)4-3-7-6/h1-4H,(H,7,10). The molecule has 0 aliphatic carbocycles. The molecule has 0 spiro atoms. The van der Waals surface area contributed by atoms with Crippen molar-refractivity contribution in [3.05, 3.63) is 24.7 Å². The maximum Gasteiger partial charge on any atom is 0.119 e. The van der Waals surface area contributed by atoms with Crippen LogP contribution in [0.2, 0.25) is 0 Å². The van der Waals surface area contributed by atoms with E-state index in [4.69, 9.17) is 0 Å². The minimum atomic E-state index is 0.708. The van der Waals surface area contributed by atoms with E-state index in [1.807, 2.05) is 6.07 Å². The van der Waals surface area contributed by atoms with Crippen LogP contribution in [0.25, 0.3) is 5.52 Å². The van der Waals surface area contributed by atoms with Gasteiger partial charge in [-0.15, -0.1) is 12.6 Å². The second kappa shape index (κ2) is 1.98. The number of hydrogen-bond acceptors (Lipinski definition) is 3. The normalized spacial score (nSPS) is 10.5. The van der Waals surface area contributed by atoms with Gasteiger partial charge in [0.2, 0.25) is 0 Å². The Balaban J connectivity index is 2.95. The lowest BCUT2D eigenvalue weighted by Gasteiger charge is -1.92. The summed E-state index contributed by atoms with van der Waals surface area (Å²) in [6, 6.07) is 1.87. The van der Waals surface area contributed by atoms with E-state index in [2.05, 4.69) is 22.7 Å². The summed E-state index contributed by atoms with van der Waals surface area (Å²) in [7, 11) is 0. The highest BCUT2D eigenvalue weighted by Crippen LogP contribution is 2.09. The maximum atomic E-state index is 4.14. The smallest absolute Gasteiger partial charge is 0.119 e. The van der Waals surface area contributed by atoms with Crippen molar-refractivity contribution in [1.82, 2.24) is 14.6 Å². The Hall–Kier alpha value is -1.03. The molecular weight excluding hydrogens is 146 g/mol. The minimum absolute atomic E-state index is 0.708. The van der Waals surface area contributed by atoms with Crippen molar-refractivity contribution in [2.75, 3.05) is 0 Å². The summed E-state index contributed by atoms with van der Waals surface area (Å²) in [5, 5.41) is 4.72. The van der Waals surface area contributed by atoms with Crippen molar-refractivity contribution in [2.45, 2.75) is 5.03 Å². The molecule has 50 valence electrons. The van der Waals surface area contributed by atoms with Crippen molar-refractivity contribution < 1.29 is 0 Å². The molecule has 4 heteroatoms. The molecule has 0 radical (unpaired) electrons. The van der Waals surface area contributed by atoms with E-state index in [1.165, 1.54) is 0 Å². The summed E-state index contributed by atoms with van der Waals surface area (Å²) >= 11 is 4.14. The van der Waals surface area contributed by atoms with Gasteiger partial charge >= 0.3 is 0 Å². The van der Waals surface area contributed by atoms with Gasteiger partial charge in [-0.3, -0.25) is 0 Å². The van der Waals surface area contributed by atoms with Crippen molar-refractivity contribution in [3.8, 4) is 0 Å². The molecule has 0 aliphatic rings. The van der Waals surface area contributed by atoms with Crippen LogP contribution in [0.4, 0.5) is 0 Å². The van der Waals surface area contributed by atoms with E-state index in [0.717, 1.165) is 5.52 Å². The molecule has 0 aromatic carbocycles. The fourth-order valence-electron chi connectivity index (χ4n) is 0.843. The number of thiol groups is 1. The zero-order chi connectivity index (χ0) is 6.97. The van der Waals surface area contributed by atoms with Gasteiger partial charge in [-0.05, 0) is 6.07 Å². The molecule has 0 amide bonds. The van der Waals surface area contributed by atoms with Crippen LogP contribution in [0.3, 0.4) is 0 Å². The van der Waals surface area contributed by atoms with Gasteiger partial charge in [0.05, 0.1) is 11.7 Å². The van der Waals surface area contributed by atoms with Gasteiger partial charge in [0.25, 0.3) is 0 Å². The monoisotopic (exact) mass is 151 g/mol. The van der Waals surface area contributed by atoms with E-state index in [9.17, 15) is 0 Å². The van der Waals surface area contributed by atoms with E-state index in [0.29, 0.717) is 5.03 Å². The summed E-state index contributed by atoms with van der Waals surface area (Å²) in [4.78, 5) is 3.98. The maximum absolute atomic E-state index is 4.14. The Labute approximate surface area is 63.1 Å². The van der Waals surface area contributed by atoms with Crippen LogP contribution in [0, 0.1) is 0 Å². The van der Waals surface area contributed by atoms with E-state index in [-0.39, 0.29) is 0 Å². The van der Waals surface area contributed by atoms with Crippen LogP contribution < -0.4 is 0 Å². The molecule has 2 heterocycles. The summed E-state index contributed by atoms with van der Waals surface area (Å²) in [5.74, 6) is 0. The fourth-order valence-corrected chi connectivity index (χ4v) is 1.09. The molecule has 2 aromatic heterocycles. The zero-order valence-electron chi connectivity index (χ0n) is 5.10.